The molecule has 0 radical (unpaired) electrons. The third kappa shape index (κ3) is 2.34. The van der Waals surface area contributed by atoms with Gasteiger partial charge in [-0.15, -0.1) is 0 Å². The molecule has 4 nitrogen and oxygen atoms in total. The fourth-order valence-electron chi connectivity index (χ4n) is 3.28. The second-order valence-corrected chi connectivity index (χ2v) is 6.87. The van der Waals surface area contributed by atoms with Crippen LogP contribution in [0.2, 0.25) is 10.0 Å². The monoisotopic (exact) mass is 361 g/mol. The highest BCUT2D eigenvalue weighted by Crippen LogP contribution is 2.41. The Hall–Kier alpha value is -1.88. The van der Waals surface area contributed by atoms with Gasteiger partial charge in [0, 0.05) is 28.1 Å². The maximum atomic E-state index is 12.8. The molecule has 0 saturated carbocycles. The van der Waals surface area contributed by atoms with E-state index in [1.807, 2.05) is 6.07 Å². The van der Waals surface area contributed by atoms with Crippen molar-refractivity contribution in [1.29, 1.82) is 0 Å². The van der Waals surface area contributed by atoms with Gasteiger partial charge in [0.05, 0.1) is 11.1 Å². The molecule has 0 amide bonds. The van der Waals surface area contributed by atoms with Gasteiger partial charge in [0.2, 0.25) is 5.78 Å². The molecule has 0 bridgehead atoms. The average Bonchev–Trinajstić information content (AvgIpc) is 3.06. The second-order valence-electron chi connectivity index (χ2n) is 6.02. The van der Waals surface area contributed by atoms with Gasteiger partial charge in [-0.1, -0.05) is 23.2 Å². The summed E-state index contributed by atoms with van der Waals surface area (Å²) in [5.41, 5.74) is 8.86. The largest absolute Gasteiger partial charge is 0.480 e. The summed E-state index contributed by atoms with van der Waals surface area (Å²) >= 11 is 12.0. The van der Waals surface area contributed by atoms with Crippen LogP contribution in [-0.2, 0) is 6.42 Å². The van der Waals surface area contributed by atoms with Crippen LogP contribution < -0.4 is 10.5 Å². The Morgan fingerprint density at radius 2 is 1.96 bits per heavy atom. The summed E-state index contributed by atoms with van der Waals surface area (Å²) in [5.74, 6) is 0.377. The van der Waals surface area contributed by atoms with Crippen molar-refractivity contribution in [2.75, 3.05) is 0 Å². The predicted octanol–water partition coefficient (Wildman–Crippen LogP) is 3.77. The molecule has 0 spiro atoms. The van der Waals surface area contributed by atoms with Gasteiger partial charge in [0.25, 0.3) is 0 Å². The lowest BCUT2D eigenvalue weighted by molar-refractivity contribution is 0.0794. The topological polar surface area (TPSA) is 69.4 Å². The fourth-order valence-corrected chi connectivity index (χ4v) is 3.78. The number of fused-ring (bicyclic) bond motifs is 2. The van der Waals surface area contributed by atoms with Crippen molar-refractivity contribution < 1.29 is 14.3 Å². The zero-order valence-electron chi connectivity index (χ0n) is 12.5. The van der Waals surface area contributed by atoms with Crippen LogP contribution in [0.15, 0.2) is 30.3 Å². The molecule has 2 aromatic rings. The van der Waals surface area contributed by atoms with E-state index in [9.17, 15) is 9.59 Å². The molecule has 2 N–H and O–H groups in total. The van der Waals surface area contributed by atoms with E-state index in [1.165, 1.54) is 6.07 Å². The first kappa shape index (κ1) is 15.6. The van der Waals surface area contributed by atoms with E-state index >= 15 is 0 Å². The van der Waals surface area contributed by atoms with Crippen LogP contribution in [0, 0.1) is 0 Å². The maximum Gasteiger partial charge on any atom is 0.206 e. The molecule has 122 valence electrons. The van der Waals surface area contributed by atoms with Crippen LogP contribution in [0.5, 0.6) is 5.75 Å². The quantitative estimate of drug-likeness (QED) is 0.826. The van der Waals surface area contributed by atoms with Crippen LogP contribution in [0.3, 0.4) is 0 Å². The van der Waals surface area contributed by atoms with Crippen LogP contribution >= 0.6 is 23.2 Å². The molecule has 1 aliphatic heterocycles. The molecule has 2 atom stereocenters. The van der Waals surface area contributed by atoms with Crippen LogP contribution in [-0.4, -0.2) is 17.7 Å². The number of Topliss-reactive ketones (excluding diaryl/α,β-unsaturated/α-hetero) is 2. The minimum absolute atomic E-state index is 0.107. The van der Waals surface area contributed by atoms with E-state index in [-0.39, 0.29) is 16.6 Å². The minimum atomic E-state index is -0.865. The number of aryl methyl sites for hydroxylation is 1. The second kappa shape index (κ2) is 5.59. The highest BCUT2D eigenvalue weighted by atomic mass is 35.5. The van der Waals surface area contributed by atoms with Crippen molar-refractivity contribution in [2.24, 2.45) is 5.73 Å². The summed E-state index contributed by atoms with van der Waals surface area (Å²) in [6.07, 6.45) is 0.342. The van der Waals surface area contributed by atoms with E-state index < -0.39 is 12.1 Å². The van der Waals surface area contributed by atoms with Crippen molar-refractivity contribution in [1.82, 2.24) is 0 Å². The van der Waals surface area contributed by atoms with Crippen molar-refractivity contribution in [3.05, 3.63) is 62.6 Å². The van der Waals surface area contributed by atoms with E-state index in [4.69, 9.17) is 33.7 Å². The third-order valence-electron chi connectivity index (χ3n) is 4.55. The normalized spacial score (nSPS) is 21.4. The number of hydrogen-bond acceptors (Lipinski definition) is 4. The van der Waals surface area contributed by atoms with Crippen molar-refractivity contribution in [2.45, 2.75) is 25.0 Å². The molecule has 0 aromatic heterocycles. The van der Waals surface area contributed by atoms with Gasteiger partial charge >= 0.3 is 0 Å². The van der Waals surface area contributed by atoms with Crippen molar-refractivity contribution in [3.63, 3.8) is 0 Å². The summed E-state index contributed by atoms with van der Waals surface area (Å²) in [6, 6.07) is 7.62. The first-order chi connectivity index (χ1) is 11.5. The molecule has 2 aromatic carbocycles. The Bertz CT molecular complexity index is 894. The molecule has 1 aliphatic carbocycles. The van der Waals surface area contributed by atoms with Crippen LogP contribution in [0.1, 0.15) is 44.3 Å². The number of benzene rings is 2. The number of carbonyl (C=O) groups excluding carboxylic acids is 2. The zero-order valence-corrected chi connectivity index (χ0v) is 14.0. The number of hydrogen-bond donors (Lipinski definition) is 1. The van der Waals surface area contributed by atoms with Crippen molar-refractivity contribution in [3.8, 4) is 5.75 Å². The lowest BCUT2D eigenvalue weighted by atomic mass is 9.95. The first-order valence-electron chi connectivity index (χ1n) is 7.57. The first-order valence-corrected chi connectivity index (χ1v) is 8.33. The molecule has 2 unspecified atom stereocenters. The number of carbonyl (C=O) groups is 2. The standard InChI is InChI=1S/C18H13Cl2NO3/c19-9-2-3-10(13(20)6-9)17(23)18-16(21)12-7-11-8(1-4-14(11)22)5-15(12)24-18/h2-3,5-7,16,18H,1,4,21H2. The molecule has 0 saturated heterocycles. The molecular weight excluding hydrogens is 349 g/mol. The molecule has 2 aliphatic rings. The average molecular weight is 362 g/mol. The Morgan fingerprint density at radius 1 is 1.17 bits per heavy atom. The van der Waals surface area contributed by atoms with Crippen LogP contribution in [0.4, 0.5) is 0 Å². The van der Waals surface area contributed by atoms with Crippen molar-refractivity contribution >= 4 is 34.8 Å². The summed E-state index contributed by atoms with van der Waals surface area (Å²) in [7, 11) is 0. The van der Waals surface area contributed by atoms with Gasteiger partial charge in [-0.3, -0.25) is 9.59 Å². The lowest BCUT2D eigenvalue weighted by Crippen LogP contribution is -2.33. The molecule has 1 heterocycles. The Kier molecular flexibility index (Phi) is 3.64. The van der Waals surface area contributed by atoms with Crippen LogP contribution in [0.25, 0.3) is 0 Å². The minimum Gasteiger partial charge on any atom is -0.480 e. The van der Waals surface area contributed by atoms with Gasteiger partial charge < -0.3 is 10.5 Å². The number of rotatable bonds is 2. The summed E-state index contributed by atoms with van der Waals surface area (Å²) < 4.78 is 5.80. The third-order valence-corrected chi connectivity index (χ3v) is 5.10. The number of ether oxygens (including phenoxy) is 1. The fraction of sp³-hybridized carbons (Fsp3) is 0.222. The number of halogens is 2. The number of ketones is 2. The Morgan fingerprint density at radius 3 is 2.71 bits per heavy atom. The zero-order chi connectivity index (χ0) is 17.0. The van der Waals surface area contributed by atoms with Gasteiger partial charge in [0.1, 0.15) is 5.75 Å². The highest BCUT2D eigenvalue weighted by molar-refractivity contribution is 6.37. The lowest BCUT2D eigenvalue weighted by Gasteiger charge is -2.15. The summed E-state index contributed by atoms with van der Waals surface area (Å²) in [6.45, 7) is 0. The summed E-state index contributed by atoms with van der Waals surface area (Å²) in [5, 5.41) is 0.711. The van der Waals surface area contributed by atoms with Gasteiger partial charge in [-0.05, 0) is 42.3 Å². The molecule has 0 fully saturated rings. The van der Waals surface area contributed by atoms with Gasteiger partial charge in [-0.2, -0.15) is 0 Å². The number of nitrogens with two attached hydrogens (primary N) is 1. The van der Waals surface area contributed by atoms with E-state index in [2.05, 4.69) is 0 Å². The predicted molar refractivity (Wildman–Crippen MR) is 91.2 cm³/mol. The maximum absolute atomic E-state index is 12.8. The summed E-state index contributed by atoms with van der Waals surface area (Å²) in [4.78, 5) is 24.7. The highest BCUT2D eigenvalue weighted by Gasteiger charge is 2.39. The molecular formula is C18H13Cl2NO3. The SMILES string of the molecule is NC1c2cc3c(cc2OC1C(=O)c1ccc(Cl)cc1Cl)CCC3=O. The van der Waals surface area contributed by atoms with E-state index in [0.717, 1.165) is 5.56 Å². The van der Waals surface area contributed by atoms with E-state index in [0.29, 0.717) is 40.3 Å². The molecule has 4 rings (SSSR count). The Labute approximate surface area is 148 Å². The van der Waals surface area contributed by atoms with Gasteiger partial charge in [-0.25, -0.2) is 0 Å². The van der Waals surface area contributed by atoms with Gasteiger partial charge in [0.15, 0.2) is 11.9 Å². The smallest absolute Gasteiger partial charge is 0.206 e. The molecule has 24 heavy (non-hydrogen) atoms. The molecule has 6 heteroatoms. The Balaban J connectivity index is 1.69. The van der Waals surface area contributed by atoms with E-state index in [1.54, 1.807) is 18.2 Å².